The smallest absolute Gasteiger partial charge is 0.326 e. The number of carbonyl (C=O) groups excluding carboxylic acids is 2. The van der Waals surface area contributed by atoms with Gasteiger partial charge < -0.3 is 18.8 Å². The van der Waals surface area contributed by atoms with Crippen molar-refractivity contribution in [1.82, 2.24) is 4.57 Å². The SMILES string of the molecule is CCOC(=O)Cn1c(=NC(=O)COc2ccc(OCC)cc2)sc2cc(S(N)(=O)=O)ccc21. The van der Waals surface area contributed by atoms with Crippen LogP contribution in [0.2, 0.25) is 0 Å². The normalized spacial score (nSPS) is 12.0. The standard InChI is InChI=1S/C21H23N3O7S2/c1-3-29-14-5-7-15(8-6-14)31-13-19(25)23-21-24(12-20(26)30-4-2)17-10-9-16(33(22,27)28)11-18(17)32-21/h5-11H,3-4,12-13H2,1-2H3,(H2,22,27,28). The third-order valence-electron chi connectivity index (χ3n) is 4.29. The van der Waals surface area contributed by atoms with Crippen molar-refractivity contribution in [3.05, 3.63) is 47.3 Å². The van der Waals surface area contributed by atoms with Gasteiger partial charge >= 0.3 is 5.97 Å². The molecule has 3 aromatic rings. The van der Waals surface area contributed by atoms with Crippen LogP contribution in [0, 0.1) is 0 Å². The number of amides is 1. The van der Waals surface area contributed by atoms with Crippen molar-refractivity contribution in [2.45, 2.75) is 25.3 Å². The maximum atomic E-state index is 12.5. The summed E-state index contributed by atoms with van der Waals surface area (Å²) < 4.78 is 41.2. The molecule has 0 saturated heterocycles. The van der Waals surface area contributed by atoms with Gasteiger partial charge in [0.15, 0.2) is 11.4 Å². The van der Waals surface area contributed by atoms with E-state index < -0.39 is 21.9 Å². The van der Waals surface area contributed by atoms with Gasteiger partial charge in [-0.05, 0) is 56.3 Å². The minimum atomic E-state index is -3.92. The van der Waals surface area contributed by atoms with E-state index in [1.54, 1.807) is 31.2 Å². The van der Waals surface area contributed by atoms with E-state index in [2.05, 4.69) is 4.99 Å². The number of fused-ring (bicyclic) bond motifs is 1. The molecule has 0 radical (unpaired) electrons. The summed E-state index contributed by atoms with van der Waals surface area (Å²) in [6.07, 6.45) is 0. The Morgan fingerprint density at radius 3 is 2.30 bits per heavy atom. The average Bonchev–Trinajstić information content (AvgIpc) is 3.09. The number of rotatable bonds is 9. The summed E-state index contributed by atoms with van der Waals surface area (Å²) in [7, 11) is -3.92. The number of carbonyl (C=O) groups is 2. The molecule has 0 aliphatic carbocycles. The highest BCUT2D eigenvalue weighted by Gasteiger charge is 2.15. The lowest BCUT2D eigenvalue weighted by Gasteiger charge is -2.06. The number of nitrogens with two attached hydrogens (primary N) is 1. The number of hydrogen-bond donors (Lipinski definition) is 1. The molecule has 0 aliphatic rings. The van der Waals surface area contributed by atoms with Crippen molar-refractivity contribution in [2.75, 3.05) is 19.8 Å². The second kappa shape index (κ2) is 10.6. The Morgan fingerprint density at radius 1 is 1.03 bits per heavy atom. The first-order valence-electron chi connectivity index (χ1n) is 9.96. The van der Waals surface area contributed by atoms with E-state index in [4.69, 9.17) is 19.3 Å². The van der Waals surface area contributed by atoms with Gasteiger partial charge in [-0.15, -0.1) is 0 Å². The van der Waals surface area contributed by atoms with Gasteiger partial charge in [-0.1, -0.05) is 11.3 Å². The topological polar surface area (TPSA) is 139 Å². The number of hydrogen-bond acceptors (Lipinski definition) is 8. The minimum absolute atomic E-state index is 0.0868. The first-order valence-corrected chi connectivity index (χ1v) is 12.3. The molecule has 2 aromatic carbocycles. The Kier molecular flexibility index (Phi) is 7.84. The van der Waals surface area contributed by atoms with Gasteiger partial charge in [0.05, 0.1) is 28.3 Å². The summed E-state index contributed by atoms with van der Waals surface area (Å²) in [5.74, 6) is 0.0486. The van der Waals surface area contributed by atoms with Crippen LogP contribution >= 0.6 is 11.3 Å². The average molecular weight is 494 g/mol. The third kappa shape index (κ3) is 6.40. The van der Waals surface area contributed by atoms with Crippen LogP contribution in [0.25, 0.3) is 10.2 Å². The molecule has 0 bridgehead atoms. The van der Waals surface area contributed by atoms with E-state index in [1.165, 1.54) is 22.8 Å². The van der Waals surface area contributed by atoms with Gasteiger partial charge in [0.1, 0.15) is 18.0 Å². The fourth-order valence-corrected chi connectivity index (χ4v) is 4.59. The molecule has 33 heavy (non-hydrogen) atoms. The van der Waals surface area contributed by atoms with E-state index in [-0.39, 0.29) is 29.5 Å². The first-order chi connectivity index (χ1) is 15.7. The fourth-order valence-electron chi connectivity index (χ4n) is 2.89. The van der Waals surface area contributed by atoms with Crippen molar-refractivity contribution >= 4 is 43.5 Å². The zero-order valence-corrected chi connectivity index (χ0v) is 19.6. The Morgan fingerprint density at radius 2 is 1.70 bits per heavy atom. The number of benzene rings is 2. The van der Waals surface area contributed by atoms with Crippen LogP contribution in [0.5, 0.6) is 11.5 Å². The summed E-state index contributed by atoms with van der Waals surface area (Å²) >= 11 is 1.05. The van der Waals surface area contributed by atoms with E-state index in [9.17, 15) is 18.0 Å². The van der Waals surface area contributed by atoms with Crippen LogP contribution in [0.3, 0.4) is 0 Å². The highest BCUT2D eigenvalue weighted by atomic mass is 32.2. The fraction of sp³-hybridized carbons (Fsp3) is 0.286. The quantitative estimate of drug-likeness (QED) is 0.449. The highest BCUT2D eigenvalue weighted by molar-refractivity contribution is 7.89. The molecule has 1 heterocycles. The van der Waals surface area contributed by atoms with Gasteiger partial charge in [-0.25, -0.2) is 13.6 Å². The molecule has 10 nitrogen and oxygen atoms in total. The molecule has 176 valence electrons. The lowest BCUT2D eigenvalue weighted by Crippen LogP contribution is -2.24. The van der Waals surface area contributed by atoms with Gasteiger partial charge in [0.25, 0.3) is 5.91 Å². The molecular weight excluding hydrogens is 470 g/mol. The number of primary sulfonamides is 1. The Balaban J connectivity index is 1.89. The van der Waals surface area contributed by atoms with E-state index in [1.807, 2.05) is 6.92 Å². The van der Waals surface area contributed by atoms with Crippen LogP contribution in [-0.4, -0.2) is 44.7 Å². The van der Waals surface area contributed by atoms with Crippen LogP contribution in [-0.2, 0) is 30.9 Å². The lowest BCUT2D eigenvalue weighted by atomic mass is 10.3. The number of ether oxygens (including phenoxy) is 3. The van der Waals surface area contributed by atoms with Crippen molar-refractivity contribution in [3.8, 4) is 11.5 Å². The molecule has 0 fully saturated rings. The molecule has 0 aliphatic heterocycles. The van der Waals surface area contributed by atoms with Crippen molar-refractivity contribution < 1.29 is 32.2 Å². The Labute approximate surface area is 194 Å². The van der Waals surface area contributed by atoms with Crippen LogP contribution in [0.1, 0.15) is 13.8 Å². The molecular formula is C21H23N3O7S2. The minimum Gasteiger partial charge on any atom is -0.494 e. The molecule has 2 N–H and O–H groups in total. The molecule has 0 spiro atoms. The van der Waals surface area contributed by atoms with E-state index >= 15 is 0 Å². The molecule has 1 amide bonds. The summed E-state index contributed by atoms with van der Waals surface area (Å²) in [5, 5.41) is 5.21. The monoisotopic (exact) mass is 493 g/mol. The first kappa shape index (κ1) is 24.4. The van der Waals surface area contributed by atoms with Gasteiger partial charge in [-0.2, -0.15) is 4.99 Å². The molecule has 12 heteroatoms. The van der Waals surface area contributed by atoms with Crippen LogP contribution in [0.15, 0.2) is 52.4 Å². The molecule has 0 unspecified atom stereocenters. The second-order valence-corrected chi connectivity index (χ2v) is 9.22. The van der Waals surface area contributed by atoms with Gasteiger partial charge in [0.2, 0.25) is 10.0 Å². The zero-order chi connectivity index (χ0) is 24.0. The number of esters is 1. The third-order valence-corrected chi connectivity index (χ3v) is 6.24. The largest absolute Gasteiger partial charge is 0.494 e. The van der Waals surface area contributed by atoms with E-state index in [0.717, 1.165) is 11.3 Å². The molecule has 0 saturated carbocycles. The number of thiazole rings is 1. The highest BCUT2D eigenvalue weighted by Crippen LogP contribution is 2.22. The molecule has 3 rings (SSSR count). The van der Waals surface area contributed by atoms with Crippen LogP contribution in [0.4, 0.5) is 0 Å². The molecule has 1 aromatic heterocycles. The summed E-state index contributed by atoms with van der Waals surface area (Å²) in [6, 6.07) is 11.0. The maximum absolute atomic E-state index is 12.5. The summed E-state index contributed by atoms with van der Waals surface area (Å²) in [5.41, 5.74) is 0.513. The number of sulfonamides is 1. The predicted molar refractivity (Wildman–Crippen MR) is 121 cm³/mol. The predicted octanol–water partition coefficient (Wildman–Crippen LogP) is 1.82. The summed E-state index contributed by atoms with van der Waals surface area (Å²) in [4.78, 5) is 28.7. The number of nitrogens with zero attached hydrogens (tertiary/aromatic N) is 2. The van der Waals surface area contributed by atoms with Gasteiger partial charge in [-0.3, -0.25) is 9.59 Å². The zero-order valence-electron chi connectivity index (χ0n) is 18.0. The summed E-state index contributed by atoms with van der Waals surface area (Å²) in [6.45, 7) is 3.76. The van der Waals surface area contributed by atoms with E-state index in [0.29, 0.717) is 28.3 Å². The lowest BCUT2D eigenvalue weighted by molar-refractivity contribution is -0.143. The Bertz CT molecular complexity index is 1330. The van der Waals surface area contributed by atoms with Crippen LogP contribution < -0.4 is 19.4 Å². The maximum Gasteiger partial charge on any atom is 0.326 e. The number of aromatic nitrogens is 1. The van der Waals surface area contributed by atoms with Crippen molar-refractivity contribution in [1.29, 1.82) is 0 Å². The van der Waals surface area contributed by atoms with Crippen molar-refractivity contribution in [3.63, 3.8) is 0 Å². The van der Waals surface area contributed by atoms with Crippen molar-refractivity contribution in [2.24, 2.45) is 10.1 Å². The molecule has 0 atom stereocenters. The Hall–Kier alpha value is -3.22. The second-order valence-electron chi connectivity index (χ2n) is 6.65. The van der Waals surface area contributed by atoms with Gasteiger partial charge in [0, 0.05) is 0 Å².